The molecule has 0 radical (unpaired) electrons. The Bertz CT molecular complexity index is 575. The lowest BCUT2D eigenvalue weighted by molar-refractivity contribution is -0.122. The van der Waals surface area contributed by atoms with Crippen molar-refractivity contribution in [2.24, 2.45) is 0 Å². The molecule has 0 spiro atoms. The summed E-state index contributed by atoms with van der Waals surface area (Å²) in [7, 11) is -3.13. The van der Waals surface area contributed by atoms with Crippen molar-refractivity contribution >= 4 is 21.6 Å². The van der Waals surface area contributed by atoms with Gasteiger partial charge in [0.15, 0.2) is 0 Å². The lowest BCUT2D eigenvalue weighted by Crippen LogP contribution is -2.46. The van der Waals surface area contributed by atoms with Gasteiger partial charge in [-0.15, -0.1) is 0 Å². The van der Waals surface area contributed by atoms with Crippen molar-refractivity contribution in [3.05, 3.63) is 12.4 Å². The van der Waals surface area contributed by atoms with Crippen molar-refractivity contribution in [1.82, 2.24) is 19.4 Å². The number of hydrogen-bond acceptors (Lipinski definition) is 5. The number of carbonyl (C=O) groups is 1. The van der Waals surface area contributed by atoms with Gasteiger partial charge < -0.3 is 11.1 Å². The van der Waals surface area contributed by atoms with E-state index in [4.69, 9.17) is 5.73 Å². The highest BCUT2D eigenvalue weighted by atomic mass is 32.2. The van der Waals surface area contributed by atoms with Crippen molar-refractivity contribution in [3.63, 3.8) is 0 Å². The molecule has 1 aliphatic rings. The number of carbonyl (C=O) groups excluding carboxylic acids is 1. The van der Waals surface area contributed by atoms with Crippen LogP contribution in [-0.4, -0.2) is 53.8 Å². The molecule has 1 aromatic heterocycles. The average molecular weight is 301 g/mol. The highest BCUT2D eigenvalue weighted by Gasteiger charge is 2.25. The molecule has 0 bridgehead atoms. The van der Waals surface area contributed by atoms with Gasteiger partial charge in [0.1, 0.15) is 6.54 Å². The zero-order valence-corrected chi connectivity index (χ0v) is 12.1. The van der Waals surface area contributed by atoms with Crippen molar-refractivity contribution < 1.29 is 13.2 Å². The van der Waals surface area contributed by atoms with Crippen molar-refractivity contribution in [2.75, 3.05) is 25.1 Å². The van der Waals surface area contributed by atoms with Gasteiger partial charge in [-0.05, 0) is 12.8 Å². The second-order valence-corrected chi connectivity index (χ2v) is 6.96. The number of nitrogens with one attached hydrogen (secondary N) is 1. The summed E-state index contributed by atoms with van der Waals surface area (Å²) in [5.41, 5.74) is 6.03. The highest BCUT2D eigenvalue weighted by molar-refractivity contribution is 7.88. The Kier molecular flexibility index (Phi) is 4.29. The van der Waals surface area contributed by atoms with Crippen molar-refractivity contribution in [3.8, 4) is 0 Å². The van der Waals surface area contributed by atoms with E-state index in [2.05, 4.69) is 10.4 Å². The van der Waals surface area contributed by atoms with Crippen LogP contribution in [0.25, 0.3) is 0 Å². The van der Waals surface area contributed by atoms with Gasteiger partial charge in [-0.25, -0.2) is 12.7 Å². The minimum Gasteiger partial charge on any atom is -0.396 e. The van der Waals surface area contributed by atoms with Gasteiger partial charge in [0.25, 0.3) is 0 Å². The molecule has 1 aliphatic heterocycles. The number of piperidine rings is 1. The van der Waals surface area contributed by atoms with E-state index in [-0.39, 0.29) is 18.5 Å². The van der Waals surface area contributed by atoms with Crippen LogP contribution in [0.2, 0.25) is 0 Å². The molecule has 0 saturated carbocycles. The molecule has 9 heteroatoms. The van der Waals surface area contributed by atoms with Gasteiger partial charge in [-0.1, -0.05) is 0 Å². The second kappa shape index (κ2) is 5.80. The van der Waals surface area contributed by atoms with Gasteiger partial charge >= 0.3 is 0 Å². The number of nitrogens with zero attached hydrogens (tertiary/aromatic N) is 3. The fourth-order valence-electron chi connectivity index (χ4n) is 2.22. The maximum Gasteiger partial charge on any atom is 0.241 e. The van der Waals surface area contributed by atoms with Crippen LogP contribution >= 0.6 is 0 Å². The lowest BCUT2D eigenvalue weighted by atomic mass is 10.1. The van der Waals surface area contributed by atoms with Crippen LogP contribution in [0.4, 0.5) is 5.69 Å². The maximum absolute atomic E-state index is 11.8. The van der Waals surface area contributed by atoms with E-state index in [0.717, 1.165) is 0 Å². The van der Waals surface area contributed by atoms with Gasteiger partial charge in [-0.3, -0.25) is 9.48 Å². The summed E-state index contributed by atoms with van der Waals surface area (Å²) in [6, 6.07) is 0.00779. The molecule has 1 aromatic rings. The first-order valence-corrected chi connectivity index (χ1v) is 8.22. The Morgan fingerprint density at radius 2 is 2.15 bits per heavy atom. The molecule has 1 saturated heterocycles. The molecular weight excluding hydrogens is 282 g/mol. The standard InChI is InChI=1S/C11H19N5O3S/c1-20(18,19)16-4-2-10(3-5-16)14-11(17)8-15-7-9(12)6-13-15/h6-7,10H,2-5,8,12H2,1H3,(H,14,17). The van der Waals surface area contributed by atoms with Crippen molar-refractivity contribution in [1.29, 1.82) is 0 Å². The first-order valence-electron chi connectivity index (χ1n) is 6.37. The molecule has 1 amide bonds. The van der Waals surface area contributed by atoms with Crippen LogP contribution < -0.4 is 11.1 Å². The van der Waals surface area contributed by atoms with E-state index in [1.807, 2.05) is 0 Å². The Hall–Kier alpha value is -1.61. The summed E-state index contributed by atoms with van der Waals surface area (Å²) in [6.07, 6.45) is 5.53. The van der Waals surface area contributed by atoms with E-state index < -0.39 is 10.0 Å². The quantitative estimate of drug-likeness (QED) is 0.741. The number of nitrogens with two attached hydrogens (primary N) is 1. The third-order valence-corrected chi connectivity index (χ3v) is 4.55. The van der Waals surface area contributed by atoms with Crippen LogP contribution in [0.15, 0.2) is 12.4 Å². The first kappa shape index (κ1) is 14.8. The third kappa shape index (κ3) is 3.94. The van der Waals surface area contributed by atoms with E-state index >= 15 is 0 Å². The SMILES string of the molecule is CS(=O)(=O)N1CCC(NC(=O)Cn2cc(N)cn2)CC1. The summed E-state index contributed by atoms with van der Waals surface area (Å²) < 4.78 is 25.7. The Balaban J connectivity index is 1.79. The molecule has 0 unspecified atom stereocenters. The van der Waals surface area contributed by atoms with Crippen molar-refractivity contribution in [2.45, 2.75) is 25.4 Å². The Morgan fingerprint density at radius 3 is 2.65 bits per heavy atom. The number of hydrogen-bond donors (Lipinski definition) is 2. The lowest BCUT2D eigenvalue weighted by Gasteiger charge is -2.30. The number of nitrogen functional groups attached to an aromatic ring is 1. The van der Waals surface area contributed by atoms with Crippen LogP contribution in [0.3, 0.4) is 0 Å². The Labute approximate surface area is 118 Å². The number of anilines is 1. The normalized spacial score (nSPS) is 18.1. The van der Waals surface area contributed by atoms with Gasteiger partial charge in [0, 0.05) is 25.3 Å². The summed E-state index contributed by atoms with van der Waals surface area (Å²) in [5, 5.41) is 6.82. The monoisotopic (exact) mass is 301 g/mol. The molecule has 2 rings (SSSR count). The molecule has 0 aliphatic carbocycles. The van der Waals surface area contributed by atoms with Crippen LogP contribution in [-0.2, 0) is 21.4 Å². The molecular formula is C11H19N5O3S. The zero-order valence-electron chi connectivity index (χ0n) is 11.3. The summed E-state index contributed by atoms with van der Waals surface area (Å²) >= 11 is 0. The van der Waals surface area contributed by atoms with E-state index in [9.17, 15) is 13.2 Å². The smallest absolute Gasteiger partial charge is 0.241 e. The predicted molar refractivity (Wildman–Crippen MR) is 74.2 cm³/mol. The molecule has 20 heavy (non-hydrogen) atoms. The molecule has 2 heterocycles. The molecule has 8 nitrogen and oxygen atoms in total. The van der Waals surface area contributed by atoms with Crippen LogP contribution in [0.5, 0.6) is 0 Å². The fraction of sp³-hybridized carbons (Fsp3) is 0.636. The van der Waals surface area contributed by atoms with E-state index in [1.165, 1.54) is 21.4 Å². The number of sulfonamides is 1. The summed E-state index contributed by atoms with van der Waals surface area (Å²) in [6.45, 7) is 1.00. The van der Waals surface area contributed by atoms with Gasteiger partial charge in [0.2, 0.25) is 15.9 Å². The van der Waals surface area contributed by atoms with Crippen LogP contribution in [0, 0.1) is 0 Å². The predicted octanol–water partition coefficient (Wildman–Crippen LogP) is -0.994. The molecule has 112 valence electrons. The molecule has 0 aromatic carbocycles. The fourth-order valence-corrected chi connectivity index (χ4v) is 3.09. The van der Waals surface area contributed by atoms with E-state index in [1.54, 1.807) is 6.20 Å². The summed E-state index contributed by atoms with van der Waals surface area (Å²) in [5.74, 6) is -0.147. The maximum atomic E-state index is 11.8. The average Bonchev–Trinajstić information content (AvgIpc) is 2.74. The Morgan fingerprint density at radius 1 is 1.50 bits per heavy atom. The summed E-state index contributed by atoms with van der Waals surface area (Å²) in [4.78, 5) is 11.8. The number of aromatic nitrogens is 2. The minimum atomic E-state index is -3.13. The largest absolute Gasteiger partial charge is 0.396 e. The second-order valence-electron chi connectivity index (χ2n) is 4.98. The van der Waals surface area contributed by atoms with Gasteiger partial charge in [0.05, 0.1) is 18.1 Å². The first-order chi connectivity index (χ1) is 9.34. The third-order valence-electron chi connectivity index (χ3n) is 3.25. The minimum absolute atomic E-state index is 0.00779. The topological polar surface area (TPSA) is 110 Å². The van der Waals surface area contributed by atoms with E-state index in [0.29, 0.717) is 31.6 Å². The molecule has 0 atom stereocenters. The number of rotatable bonds is 4. The van der Waals surface area contributed by atoms with Crippen LogP contribution in [0.1, 0.15) is 12.8 Å². The highest BCUT2D eigenvalue weighted by Crippen LogP contribution is 2.13. The zero-order chi connectivity index (χ0) is 14.8. The van der Waals surface area contributed by atoms with Gasteiger partial charge in [-0.2, -0.15) is 5.10 Å². The molecule has 1 fully saturated rings. The number of amides is 1. The molecule has 3 N–H and O–H groups in total.